The highest BCUT2D eigenvalue weighted by Crippen LogP contribution is 2.22. The van der Waals surface area contributed by atoms with Gasteiger partial charge in [-0.15, -0.1) is 0 Å². The van der Waals surface area contributed by atoms with Crippen LogP contribution in [0.15, 0.2) is 42.5 Å². The first-order valence-electron chi connectivity index (χ1n) is 10.6. The second kappa shape index (κ2) is 19.2. The first kappa shape index (κ1) is 26.2. The fraction of sp³-hybridized carbons (Fsp3) is 0.667. The third-order valence-corrected chi connectivity index (χ3v) is 3.94. The van der Waals surface area contributed by atoms with Crippen LogP contribution in [-0.2, 0) is 6.42 Å². The van der Waals surface area contributed by atoms with E-state index in [2.05, 4.69) is 62.6 Å². The molecule has 1 fully saturated rings. The van der Waals surface area contributed by atoms with Gasteiger partial charge in [-0.05, 0) is 51.3 Å². The van der Waals surface area contributed by atoms with E-state index in [1.54, 1.807) is 0 Å². The van der Waals surface area contributed by atoms with Gasteiger partial charge in [0.15, 0.2) is 0 Å². The smallest absolute Gasteiger partial charge is 0.0302 e. The molecular formula is C24H45N. The minimum absolute atomic E-state index is 0.634. The predicted octanol–water partition coefficient (Wildman–Crippen LogP) is 7.52. The van der Waals surface area contributed by atoms with E-state index in [0.717, 1.165) is 0 Å². The fourth-order valence-electron chi connectivity index (χ4n) is 2.95. The van der Waals surface area contributed by atoms with E-state index in [1.807, 2.05) is 27.7 Å². The van der Waals surface area contributed by atoms with Gasteiger partial charge in [0.25, 0.3) is 0 Å². The summed E-state index contributed by atoms with van der Waals surface area (Å²) < 4.78 is 0. The van der Waals surface area contributed by atoms with Gasteiger partial charge in [-0.2, -0.15) is 0 Å². The van der Waals surface area contributed by atoms with Crippen LogP contribution in [0.1, 0.15) is 86.1 Å². The quantitative estimate of drug-likeness (QED) is 0.498. The van der Waals surface area contributed by atoms with Crippen molar-refractivity contribution in [1.29, 1.82) is 0 Å². The number of rotatable bonds is 5. The molecule has 1 nitrogen and oxygen atoms in total. The summed E-state index contributed by atoms with van der Waals surface area (Å²) in [5.74, 6) is 0. The summed E-state index contributed by atoms with van der Waals surface area (Å²) in [5.41, 5.74) is 2.80. The molecule has 1 heterocycles. The lowest BCUT2D eigenvalue weighted by atomic mass is 9.96. The van der Waals surface area contributed by atoms with Gasteiger partial charge in [0.05, 0.1) is 0 Å². The SMILES string of the molecule is C=C(C)[C@H]1CCCCN1CCCc1ccccc1.CC.CC.CCC. The summed E-state index contributed by atoms with van der Waals surface area (Å²) >= 11 is 0. The van der Waals surface area contributed by atoms with E-state index < -0.39 is 0 Å². The molecule has 25 heavy (non-hydrogen) atoms. The molecule has 0 amide bonds. The van der Waals surface area contributed by atoms with Gasteiger partial charge in [-0.3, -0.25) is 4.90 Å². The molecular weight excluding hydrogens is 302 g/mol. The van der Waals surface area contributed by atoms with Crippen LogP contribution >= 0.6 is 0 Å². The molecule has 0 aliphatic carbocycles. The Labute approximate surface area is 159 Å². The monoisotopic (exact) mass is 347 g/mol. The highest BCUT2D eigenvalue weighted by atomic mass is 15.2. The normalized spacial score (nSPS) is 16.2. The highest BCUT2D eigenvalue weighted by molar-refractivity contribution is 5.14. The lowest BCUT2D eigenvalue weighted by Gasteiger charge is -2.36. The molecule has 1 aromatic carbocycles. The Hall–Kier alpha value is -1.08. The Bertz CT molecular complexity index is 382. The summed E-state index contributed by atoms with van der Waals surface area (Å²) in [5, 5.41) is 0. The van der Waals surface area contributed by atoms with E-state index in [0.29, 0.717) is 6.04 Å². The van der Waals surface area contributed by atoms with Gasteiger partial charge in [0.2, 0.25) is 0 Å². The number of hydrogen-bond acceptors (Lipinski definition) is 1. The molecule has 146 valence electrons. The van der Waals surface area contributed by atoms with Gasteiger partial charge in [-0.25, -0.2) is 0 Å². The molecule has 0 spiro atoms. The summed E-state index contributed by atoms with van der Waals surface area (Å²) in [7, 11) is 0. The first-order chi connectivity index (χ1) is 12.2. The van der Waals surface area contributed by atoms with Crippen molar-refractivity contribution in [3.05, 3.63) is 48.0 Å². The van der Waals surface area contributed by atoms with Crippen LogP contribution < -0.4 is 0 Å². The molecule has 0 aromatic heterocycles. The van der Waals surface area contributed by atoms with Crippen LogP contribution in [0.2, 0.25) is 0 Å². The van der Waals surface area contributed by atoms with Crippen LogP contribution in [-0.4, -0.2) is 24.0 Å². The molecule has 1 heteroatoms. The molecule has 0 bridgehead atoms. The zero-order valence-corrected chi connectivity index (χ0v) is 18.3. The van der Waals surface area contributed by atoms with Crippen LogP contribution in [0.5, 0.6) is 0 Å². The van der Waals surface area contributed by atoms with Gasteiger partial charge < -0.3 is 0 Å². The van der Waals surface area contributed by atoms with E-state index in [4.69, 9.17) is 0 Å². The number of nitrogens with zero attached hydrogens (tertiary/aromatic N) is 1. The van der Waals surface area contributed by atoms with E-state index in [-0.39, 0.29) is 0 Å². The molecule has 0 radical (unpaired) electrons. The van der Waals surface area contributed by atoms with Gasteiger partial charge in [0, 0.05) is 6.04 Å². The molecule has 1 aromatic rings. The van der Waals surface area contributed by atoms with Crippen molar-refractivity contribution in [2.75, 3.05) is 13.1 Å². The number of likely N-dealkylation sites (tertiary alicyclic amines) is 1. The standard InChI is InChI=1S/C17H25N.C3H8.2C2H6/c1-15(2)17-12-6-7-13-18(17)14-8-11-16-9-4-3-5-10-16;1-3-2;2*1-2/h3-5,9-10,17H,1,6-8,11-14H2,2H3;3H2,1-2H3;2*1-2H3/t17-;;;/m1.../s1. The average Bonchev–Trinajstić information content (AvgIpc) is 2.67. The maximum Gasteiger partial charge on any atom is 0.0302 e. The number of piperidine rings is 1. The summed E-state index contributed by atoms with van der Waals surface area (Å²) in [6.45, 7) is 21.1. The molecule has 0 saturated carbocycles. The van der Waals surface area contributed by atoms with Crippen molar-refractivity contribution < 1.29 is 0 Å². The Morgan fingerprint density at radius 3 is 2.12 bits per heavy atom. The Morgan fingerprint density at radius 2 is 1.60 bits per heavy atom. The maximum atomic E-state index is 4.15. The van der Waals surface area contributed by atoms with Gasteiger partial charge >= 0.3 is 0 Å². The van der Waals surface area contributed by atoms with E-state index in [1.165, 1.54) is 62.8 Å². The number of aryl methyl sites for hydroxylation is 1. The minimum atomic E-state index is 0.634. The van der Waals surface area contributed by atoms with E-state index in [9.17, 15) is 0 Å². The van der Waals surface area contributed by atoms with Crippen LogP contribution in [0.3, 0.4) is 0 Å². The molecule has 2 rings (SSSR count). The zero-order valence-electron chi connectivity index (χ0n) is 18.3. The van der Waals surface area contributed by atoms with Crippen molar-refractivity contribution in [2.24, 2.45) is 0 Å². The Morgan fingerprint density at radius 1 is 1.04 bits per heavy atom. The molecule has 1 aliphatic rings. The topological polar surface area (TPSA) is 3.24 Å². The van der Waals surface area contributed by atoms with Crippen molar-refractivity contribution in [1.82, 2.24) is 4.90 Å². The molecule has 1 aliphatic heterocycles. The number of hydrogen-bond donors (Lipinski definition) is 0. The average molecular weight is 348 g/mol. The first-order valence-corrected chi connectivity index (χ1v) is 10.6. The Kier molecular flexibility index (Phi) is 20.1. The minimum Gasteiger partial charge on any atom is -0.297 e. The third-order valence-electron chi connectivity index (χ3n) is 3.94. The molecule has 0 unspecified atom stereocenters. The van der Waals surface area contributed by atoms with Crippen LogP contribution in [0, 0.1) is 0 Å². The second-order valence-corrected chi connectivity index (χ2v) is 6.19. The van der Waals surface area contributed by atoms with Crippen molar-refractivity contribution in [3.8, 4) is 0 Å². The van der Waals surface area contributed by atoms with E-state index >= 15 is 0 Å². The fourth-order valence-corrected chi connectivity index (χ4v) is 2.95. The summed E-state index contributed by atoms with van der Waals surface area (Å²) in [6, 6.07) is 11.4. The summed E-state index contributed by atoms with van der Waals surface area (Å²) in [4.78, 5) is 2.63. The molecule has 1 atom stereocenters. The lowest BCUT2D eigenvalue weighted by molar-refractivity contribution is 0.170. The Balaban J connectivity index is 0. The second-order valence-electron chi connectivity index (χ2n) is 6.19. The van der Waals surface area contributed by atoms with Gasteiger partial charge in [-0.1, -0.05) is 96.9 Å². The zero-order chi connectivity index (χ0) is 19.5. The summed E-state index contributed by atoms with van der Waals surface area (Å²) in [6.07, 6.45) is 7.73. The molecule has 1 saturated heterocycles. The predicted molar refractivity (Wildman–Crippen MR) is 117 cm³/mol. The van der Waals surface area contributed by atoms with Crippen LogP contribution in [0.4, 0.5) is 0 Å². The van der Waals surface area contributed by atoms with Crippen LogP contribution in [0.25, 0.3) is 0 Å². The number of benzene rings is 1. The highest BCUT2D eigenvalue weighted by Gasteiger charge is 2.21. The largest absolute Gasteiger partial charge is 0.297 e. The van der Waals surface area contributed by atoms with Crippen molar-refractivity contribution in [2.45, 2.75) is 93.0 Å². The molecule has 0 N–H and O–H groups in total. The lowest BCUT2D eigenvalue weighted by Crippen LogP contribution is -2.40. The van der Waals surface area contributed by atoms with Gasteiger partial charge in [0.1, 0.15) is 0 Å². The third kappa shape index (κ3) is 12.9. The van der Waals surface area contributed by atoms with Crippen molar-refractivity contribution in [3.63, 3.8) is 0 Å². The van der Waals surface area contributed by atoms with Crippen molar-refractivity contribution >= 4 is 0 Å². The maximum absolute atomic E-state index is 4.15.